The Hall–Kier alpha value is -0.260. The monoisotopic (exact) mass is 315 g/mol. The van der Waals surface area contributed by atoms with Crippen LogP contribution in [0.15, 0.2) is 29.2 Å². The van der Waals surface area contributed by atoms with Gasteiger partial charge in [0, 0.05) is 34.8 Å². The number of morpholine rings is 1. The summed E-state index contributed by atoms with van der Waals surface area (Å²) < 4.78 is 5.70. The maximum atomic E-state index is 10.3. The van der Waals surface area contributed by atoms with E-state index in [2.05, 4.69) is 18.7 Å². The van der Waals surface area contributed by atoms with Gasteiger partial charge in [0.15, 0.2) is 0 Å². The van der Waals surface area contributed by atoms with Crippen molar-refractivity contribution >= 4 is 23.4 Å². The number of hydrogen-bond acceptors (Lipinski definition) is 4. The summed E-state index contributed by atoms with van der Waals surface area (Å²) in [7, 11) is 0. The summed E-state index contributed by atoms with van der Waals surface area (Å²) in [5.74, 6) is 0.622. The van der Waals surface area contributed by atoms with Crippen LogP contribution in [-0.2, 0) is 4.74 Å². The number of rotatable bonds is 5. The minimum atomic E-state index is -0.458. The van der Waals surface area contributed by atoms with Crippen LogP contribution in [0.4, 0.5) is 0 Å². The van der Waals surface area contributed by atoms with E-state index in [1.165, 1.54) is 0 Å². The summed E-state index contributed by atoms with van der Waals surface area (Å²) in [5, 5.41) is 11.0. The molecule has 20 heavy (non-hydrogen) atoms. The predicted molar refractivity (Wildman–Crippen MR) is 84.6 cm³/mol. The minimum absolute atomic E-state index is 0.0992. The van der Waals surface area contributed by atoms with Crippen LogP contribution in [0.25, 0.3) is 0 Å². The lowest BCUT2D eigenvalue weighted by Gasteiger charge is -2.37. The highest BCUT2D eigenvalue weighted by Crippen LogP contribution is 2.24. The van der Waals surface area contributed by atoms with Crippen molar-refractivity contribution in [1.82, 2.24) is 4.90 Å². The van der Waals surface area contributed by atoms with Gasteiger partial charge in [-0.1, -0.05) is 17.7 Å². The van der Waals surface area contributed by atoms with Crippen LogP contribution >= 0.6 is 23.4 Å². The van der Waals surface area contributed by atoms with E-state index in [0.717, 1.165) is 23.0 Å². The summed E-state index contributed by atoms with van der Waals surface area (Å²) in [4.78, 5) is 3.43. The zero-order chi connectivity index (χ0) is 14.5. The molecule has 2 rings (SSSR count). The first-order chi connectivity index (χ1) is 9.56. The van der Waals surface area contributed by atoms with E-state index >= 15 is 0 Å². The third-order valence-electron chi connectivity index (χ3n) is 3.50. The van der Waals surface area contributed by atoms with E-state index in [1.54, 1.807) is 11.8 Å². The van der Waals surface area contributed by atoms with Gasteiger partial charge >= 0.3 is 0 Å². The van der Waals surface area contributed by atoms with Crippen LogP contribution < -0.4 is 0 Å². The number of halogens is 1. The van der Waals surface area contributed by atoms with Crippen molar-refractivity contribution in [3.8, 4) is 0 Å². The Kier molecular flexibility index (Phi) is 6.18. The standard InChI is InChI=1S/C15H22ClNO2S/c1-11(2)17-6-7-19-15(9-17)14(18)10-20-13-5-3-4-12(16)8-13/h3-5,8,11,14-15,18H,6-7,9-10H2,1-2H3. The van der Waals surface area contributed by atoms with E-state index in [0.29, 0.717) is 18.4 Å². The van der Waals surface area contributed by atoms with E-state index in [4.69, 9.17) is 16.3 Å². The molecule has 0 bridgehead atoms. The Morgan fingerprint density at radius 1 is 1.50 bits per heavy atom. The molecule has 0 aromatic heterocycles. The molecule has 1 heterocycles. The molecule has 0 spiro atoms. The highest BCUT2D eigenvalue weighted by molar-refractivity contribution is 7.99. The second kappa shape index (κ2) is 7.66. The van der Waals surface area contributed by atoms with Gasteiger partial charge in [0.25, 0.3) is 0 Å². The van der Waals surface area contributed by atoms with Crippen LogP contribution in [0.1, 0.15) is 13.8 Å². The van der Waals surface area contributed by atoms with Gasteiger partial charge in [0.05, 0.1) is 18.8 Å². The second-order valence-corrected chi connectivity index (χ2v) is 6.86. The molecule has 1 aromatic carbocycles. The molecule has 1 saturated heterocycles. The third kappa shape index (κ3) is 4.64. The number of nitrogens with zero attached hydrogens (tertiary/aromatic N) is 1. The number of hydrogen-bond donors (Lipinski definition) is 1. The van der Waals surface area contributed by atoms with Crippen LogP contribution in [0, 0.1) is 0 Å². The number of thioether (sulfide) groups is 1. The zero-order valence-corrected chi connectivity index (χ0v) is 13.5. The van der Waals surface area contributed by atoms with Gasteiger partial charge in [0.2, 0.25) is 0 Å². The first-order valence-corrected chi connectivity index (χ1v) is 8.34. The quantitative estimate of drug-likeness (QED) is 0.847. The van der Waals surface area contributed by atoms with Crippen LogP contribution in [0.3, 0.4) is 0 Å². The molecule has 0 saturated carbocycles. The average molecular weight is 316 g/mol. The summed E-state index contributed by atoms with van der Waals surface area (Å²) in [6.07, 6.45) is -0.557. The number of benzene rings is 1. The molecule has 5 heteroatoms. The van der Waals surface area contributed by atoms with Crippen molar-refractivity contribution in [3.63, 3.8) is 0 Å². The molecule has 3 nitrogen and oxygen atoms in total. The second-order valence-electron chi connectivity index (χ2n) is 5.33. The van der Waals surface area contributed by atoms with E-state index in [9.17, 15) is 5.11 Å². The number of aliphatic hydroxyl groups excluding tert-OH is 1. The summed E-state index contributed by atoms with van der Waals surface area (Å²) >= 11 is 7.57. The molecule has 0 amide bonds. The fourth-order valence-electron chi connectivity index (χ4n) is 2.24. The lowest BCUT2D eigenvalue weighted by molar-refractivity contribution is -0.0876. The van der Waals surface area contributed by atoms with Crippen molar-refractivity contribution in [1.29, 1.82) is 0 Å². The van der Waals surface area contributed by atoms with Crippen molar-refractivity contribution in [3.05, 3.63) is 29.3 Å². The van der Waals surface area contributed by atoms with Gasteiger partial charge in [0.1, 0.15) is 0 Å². The first kappa shape index (κ1) is 16.1. The highest BCUT2D eigenvalue weighted by atomic mass is 35.5. The van der Waals surface area contributed by atoms with Crippen LogP contribution in [-0.4, -0.2) is 53.7 Å². The van der Waals surface area contributed by atoms with Gasteiger partial charge in [-0.25, -0.2) is 0 Å². The van der Waals surface area contributed by atoms with Gasteiger partial charge in [-0.05, 0) is 32.0 Å². The average Bonchev–Trinajstić information content (AvgIpc) is 2.45. The Morgan fingerprint density at radius 2 is 2.30 bits per heavy atom. The molecule has 2 atom stereocenters. The van der Waals surface area contributed by atoms with E-state index in [-0.39, 0.29) is 6.10 Å². The van der Waals surface area contributed by atoms with Gasteiger partial charge in [-0.2, -0.15) is 0 Å². The van der Waals surface area contributed by atoms with Crippen molar-refractivity contribution in [2.75, 3.05) is 25.4 Å². The highest BCUT2D eigenvalue weighted by Gasteiger charge is 2.27. The normalized spacial score (nSPS) is 22.1. The van der Waals surface area contributed by atoms with E-state index in [1.807, 2.05) is 24.3 Å². The fourth-order valence-corrected chi connectivity index (χ4v) is 3.46. The smallest absolute Gasteiger partial charge is 0.0969 e. The van der Waals surface area contributed by atoms with Crippen LogP contribution in [0.2, 0.25) is 5.02 Å². The van der Waals surface area contributed by atoms with Gasteiger partial charge in [-0.15, -0.1) is 11.8 Å². The molecule has 1 aliphatic heterocycles. The van der Waals surface area contributed by atoms with Gasteiger partial charge < -0.3 is 9.84 Å². The lowest BCUT2D eigenvalue weighted by atomic mass is 10.1. The topological polar surface area (TPSA) is 32.7 Å². The SMILES string of the molecule is CC(C)N1CCOC(C(O)CSc2cccc(Cl)c2)C1. The third-order valence-corrected chi connectivity index (χ3v) is 4.83. The molecule has 2 unspecified atom stereocenters. The molecule has 112 valence electrons. The number of aliphatic hydroxyl groups is 1. The molecule has 1 aliphatic rings. The maximum absolute atomic E-state index is 10.3. The van der Waals surface area contributed by atoms with Crippen molar-refractivity contribution in [2.45, 2.75) is 37.0 Å². The summed E-state index contributed by atoms with van der Waals surface area (Å²) in [5.41, 5.74) is 0. The molecule has 1 N–H and O–H groups in total. The molecular formula is C15H22ClNO2S. The molecule has 0 aliphatic carbocycles. The fraction of sp³-hybridized carbons (Fsp3) is 0.600. The molecule has 0 radical (unpaired) electrons. The summed E-state index contributed by atoms with van der Waals surface area (Å²) in [6, 6.07) is 8.20. The largest absolute Gasteiger partial charge is 0.389 e. The van der Waals surface area contributed by atoms with Gasteiger partial charge in [-0.3, -0.25) is 4.90 Å². The number of ether oxygens (including phenoxy) is 1. The molecular weight excluding hydrogens is 294 g/mol. The maximum Gasteiger partial charge on any atom is 0.0969 e. The van der Waals surface area contributed by atoms with Crippen molar-refractivity contribution in [2.24, 2.45) is 0 Å². The summed E-state index contributed by atoms with van der Waals surface area (Å²) in [6.45, 7) is 6.80. The Labute approximate surface area is 130 Å². The Morgan fingerprint density at radius 3 is 3.00 bits per heavy atom. The first-order valence-electron chi connectivity index (χ1n) is 6.98. The van der Waals surface area contributed by atoms with E-state index < -0.39 is 6.10 Å². The van der Waals surface area contributed by atoms with Crippen LogP contribution in [0.5, 0.6) is 0 Å². The predicted octanol–water partition coefficient (Wildman–Crippen LogP) is 2.90. The zero-order valence-electron chi connectivity index (χ0n) is 12.0. The Balaban J connectivity index is 1.83. The Bertz CT molecular complexity index is 430. The lowest BCUT2D eigenvalue weighted by Crippen LogP contribution is -2.50. The molecule has 1 fully saturated rings. The molecule has 1 aromatic rings. The van der Waals surface area contributed by atoms with Crippen molar-refractivity contribution < 1.29 is 9.84 Å². The minimum Gasteiger partial charge on any atom is -0.389 e.